The Morgan fingerprint density at radius 2 is 2.07 bits per heavy atom. The van der Waals surface area contributed by atoms with E-state index in [9.17, 15) is 9.59 Å². The Hall–Kier alpha value is -3.11. The number of carbonyl (C=O) groups excluding carboxylic acids is 2. The van der Waals surface area contributed by atoms with Gasteiger partial charge in [-0.2, -0.15) is 5.10 Å². The summed E-state index contributed by atoms with van der Waals surface area (Å²) >= 11 is 2.76. The molecule has 152 valence electrons. The molecule has 0 bridgehead atoms. The lowest BCUT2D eigenvalue weighted by Gasteiger charge is -2.03. The van der Waals surface area contributed by atoms with Crippen LogP contribution in [0.1, 0.15) is 20.2 Å². The molecule has 1 amide bonds. The maximum atomic E-state index is 12.6. The van der Waals surface area contributed by atoms with E-state index in [0.29, 0.717) is 11.4 Å². The minimum absolute atomic E-state index is 0.0201. The number of hydrogen-bond acceptors (Lipinski definition) is 8. The van der Waals surface area contributed by atoms with Crippen LogP contribution in [-0.4, -0.2) is 42.2 Å². The largest absolute Gasteiger partial charge is 0.351 e. The van der Waals surface area contributed by atoms with Crippen molar-refractivity contribution in [2.75, 3.05) is 5.75 Å². The number of thiophene rings is 1. The van der Waals surface area contributed by atoms with Gasteiger partial charge in [0.05, 0.1) is 35.2 Å². The fraction of sp³-hybridized carbons (Fsp3) is 0.200. The highest BCUT2D eigenvalue weighted by atomic mass is 32.2. The van der Waals surface area contributed by atoms with Gasteiger partial charge in [-0.3, -0.25) is 19.3 Å². The van der Waals surface area contributed by atoms with E-state index >= 15 is 0 Å². The van der Waals surface area contributed by atoms with Gasteiger partial charge in [0, 0.05) is 23.8 Å². The lowest BCUT2D eigenvalue weighted by Crippen LogP contribution is -2.24. The van der Waals surface area contributed by atoms with Crippen molar-refractivity contribution in [2.24, 2.45) is 7.05 Å². The Kier molecular flexibility index (Phi) is 6.15. The van der Waals surface area contributed by atoms with Gasteiger partial charge in [-0.25, -0.2) is 9.97 Å². The van der Waals surface area contributed by atoms with Crippen molar-refractivity contribution in [1.82, 2.24) is 30.0 Å². The average molecular weight is 439 g/mol. The molecular weight excluding hydrogens is 420 g/mol. The molecule has 8 nitrogen and oxygen atoms in total. The summed E-state index contributed by atoms with van der Waals surface area (Å²) in [5, 5.41) is 8.62. The molecule has 0 spiro atoms. The number of aromatic nitrogens is 5. The predicted molar refractivity (Wildman–Crippen MR) is 115 cm³/mol. The second-order valence-corrected chi connectivity index (χ2v) is 8.57. The van der Waals surface area contributed by atoms with Crippen LogP contribution in [0.15, 0.2) is 54.1 Å². The van der Waals surface area contributed by atoms with Crippen LogP contribution >= 0.6 is 23.1 Å². The van der Waals surface area contributed by atoms with Crippen LogP contribution in [0, 0.1) is 0 Å². The molecule has 4 heterocycles. The number of fused-ring (bicyclic) bond motifs is 1. The Morgan fingerprint density at radius 1 is 1.17 bits per heavy atom. The zero-order valence-electron chi connectivity index (χ0n) is 16.1. The van der Waals surface area contributed by atoms with Crippen molar-refractivity contribution in [3.8, 4) is 0 Å². The molecule has 0 saturated carbocycles. The Bertz CT molecular complexity index is 1190. The van der Waals surface area contributed by atoms with Gasteiger partial charge in [0.15, 0.2) is 11.4 Å². The number of pyridine rings is 1. The van der Waals surface area contributed by atoms with E-state index in [2.05, 4.69) is 25.4 Å². The Labute approximate surface area is 180 Å². The lowest BCUT2D eigenvalue weighted by atomic mass is 10.2. The Balaban J connectivity index is 1.31. The minimum Gasteiger partial charge on any atom is -0.351 e. The zero-order chi connectivity index (χ0) is 20.9. The van der Waals surface area contributed by atoms with E-state index in [1.165, 1.54) is 29.4 Å². The molecule has 0 unspecified atom stereocenters. The topological polar surface area (TPSA) is 103 Å². The molecule has 0 radical (unpaired) electrons. The third-order valence-electron chi connectivity index (χ3n) is 4.30. The van der Waals surface area contributed by atoms with Crippen LogP contribution in [0.4, 0.5) is 0 Å². The number of carbonyl (C=O) groups is 2. The number of rotatable bonds is 8. The van der Waals surface area contributed by atoms with Crippen molar-refractivity contribution >= 4 is 45.8 Å². The van der Waals surface area contributed by atoms with Gasteiger partial charge in [0.25, 0.3) is 0 Å². The SMILES string of the molecule is Cn1ncc2c(SCC(=O)c3ccc(CNC(=O)Cc4ccccn4)s3)ncnc21. The van der Waals surface area contributed by atoms with Crippen LogP contribution in [0.5, 0.6) is 0 Å². The van der Waals surface area contributed by atoms with Crippen molar-refractivity contribution in [3.63, 3.8) is 0 Å². The molecule has 30 heavy (non-hydrogen) atoms. The first-order chi connectivity index (χ1) is 14.6. The van der Waals surface area contributed by atoms with E-state index < -0.39 is 0 Å². The van der Waals surface area contributed by atoms with Gasteiger partial charge < -0.3 is 5.32 Å². The van der Waals surface area contributed by atoms with Gasteiger partial charge in [-0.15, -0.1) is 11.3 Å². The third kappa shape index (κ3) is 4.71. The maximum Gasteiger partial charge on any atom is 0.226 e. The molecule has 0 aliphatic rings. The first-order valence-corrected chi connectivity index (χ1v) is 10.9. The normalized spacial score (nSPS) is 11.0. The fourth-order valence-corrected chi connectivity index (χ4v) is 4.62. The molecule has 0 atom stereocenters. The van der Waals surface area contributed by atoms with E-state index in [4.69, 9.17) is 0 Å². The number of aryl methyl sites for hydroxylation is 1. The summed E-state index contributed by atoms with van der Waals surface area (Å²) in [5.74, 6) is 0.189. The fourth-order valence-electron chi connectivity index (χ4n) is 2.80. The second kappa shape index (κ2) is 9.14. The minimum atomic E-state index is -0.102. The van der Waals surface area contributed by atoms with Gasteiger partial charge >= 0.3 is 0 Å². The Morgan fingerprint density at radius 3 is 2.90 bits per heavy atom. The molecule has 4 aromatic rings. The van der Waals surface area contributed by atoms with Crippen LogP contribution in [0.25, 0.3) is 11.0 Å². The van der Waals surface area contributed by atoms with Gasteiger partial charge in [-0.1, -0.05) is 17.8 Å². The van der Waals surface area contributed by atoms with Crippen molar-refractivity contribution in [3.05, 3.63) is 64.5 Å². The molecule has 0 saturated heterocycles. The number of Topliss-reactive ketones (excluding diaryl/α,β-unsaturated/α-hetero) is 1. The maximum absolute atomic E-state index is 12.6. The van der Waals surface area contributed by atoms with Gasteiger partial charge in [0.2, 0.25) is 5.91 Å². The summed E-state index contributed by atoms with van der Waals surface area (Å²) in [6.07, 6.45) is 5.09. The zero-order valence-corrected chi connectivity index (χ0v) is 17.7. The van der Waals surface area contributed by atoms with Crippen LogP contribution in [0.3, 0.4) is 0 Å². The van der Waals surface area contributed by atoms with Crippen LogP contribution in [0.2, 0.25) is 0 Å². The molecule has 10 heteroatoms. The molecular formula is C20H18N6O2S2. The number of hydrogen-bond donors (Lipinski definition) is 1. The summed E-state index contributed by atoms with van der Waals surface area (Å²) < 4.78 is 1.68. The molecule has 0 fully saturated rings. The third-order valence-corrected chi connectivity index (χ3v) is 6.43. The molecule has 4 aromatic heterocycles. The monoisotopic (exact) mass is 438 g/mol. The lowest BCUT2D eigenvalue weighted by molar-refractivity contribution is -0.120. The van der Waals surface area contributed by atoms with E-state index in [1.807, 2.05) is 31.3 Å². The quantitative estimate of drug-likeness (QED) is 0.256. The van der Waals surface area contributed by atoms with Crippen LogP contribution < -0.4 is 5.32 Å². The molecule has 0 aliphatic carbocycles. The summed E-state index contributed by atoms with van der Waals surface area (Å²) in [6, 6.07) is 9.15. The number of nitrogens with zero attached hydrogens (tertiary/aromatic N) is 5. The summed E-state index contributed by atoms with van der Waals surface area (Å²) in [4.78, 5) is 38.9. The number of ketones is 1. The first-order valence-electron chi connectivity index (χ1n) is 9.14. The second-order valence-electron chi connectivity index (χ2n) is 6.44. The highest BCUT2D eigenvalue weighted by molar-refractivity contribution is 8.00. The van der Waals surface area contributed by atoms with Crippen molar-refractivity contribution in [2.45, 2.75) is 18.0 Å². The number of thioether (sulfide) groups is 1. The summed E-state index contributed by atoms with van der Waals surface area (Å²) in [6.45, 7) is 0.388. The highest BCUT2D eigenvalue weighted by Gasteiger charge is 2.14. The van der Waals surface area contributed by atoms with E-state index in [1.54, 1.807) is 23.1 Å². The van der Waals surface area contributed by atoms with Crippen molar-refractivity contribution in [1.29, 1.82) is 0 Å². The molecule has 4 rings (SSSR count). The average Bonchev–Trinajstić information content (AvgIpc) is 3.39. The van der Waals surface area contributed by atoms with E-state index in [0.717, 1.165) is 26.6 Å². The van der Waals surface area contributed by atoms with Crippen LogP contribution in [-0.2, 0) is 24.8 Å². The van der Waals surface area contributed by atoms with E-state index in [-0.39, 0.29) is 23.9 Å². The summed E-state index contributed by atoms with van der Waals surface area (Å²) in [5.41, 5.74) is 1.46. The molecule has 1 N–H and O–H groups in total. The number of amides is 1. The first kappa shape index (κ1) is 20.2. The number of nitrogens with one attached hydrogen (secondary N) is 1. The highest BCUT2D eigenvalue weighted by Crippen LogP contribution is 2.26. The predicted octanol–water partition coefficient (Wildman–Crippen LogP) is 2.65. The van der Waals surface area contributed by atoms with Gasteiger partial charge in [0.1, 0.15) is 11.4 Å². The standard InChI is InChI=1S/C20H18N6O2S2/c1-26-19-15(10-25-26)20(24-12-23-19)29-11-16(27)17-6-5-14(30-17)9-22-18(28)8-13-4-2-3-7-21-13/h2-7,10,12H,8-9,11H2,1H3,(H,22,28). The molecule has 0 aliphatic heterocycles. The van der Waals surface area contributed by atoms with Crippen molar-refractivity contribution < 1.29 is 9.59 Å². The van der Waals surface area contributed by atoms with Gasteiger partial charge in [-0.05, 0) is 24.3 Å². The molecule has 0 aromatic carbocycles. The smallest absolute Gasteiger partial charge is 0.226 e. The summed E-state index contributed by atoms with van der Waals surface area (Å²) in [7, 11) is 1.82.